The SMILES string of the molecule is CC(C)(CCc1ccc(Cl)c(Cl)c1)C[S@](=O)C(C)(C)C. The minimum Gasteiger partial charge on any atom is -0.259 e. The lowest BCUT2D eigenvalue weighted by molar-refractivity contribution is 0.381. The van der Waals surface area contributed by atoms with Crippen LogP contribution in [0, 0.1) is 5.41 Å². The van der Waals surface area contributed by atoms with Crippen LogP contribution in [0.15, 0.2) is 18.2 Å². The summed E-state index contributed by atoms with van der Waals surface area (Å²) in [6.07, 6.45) is 1.90. The highest BCUT2D eigenvalue weighted by atomic mass is 35.5. The van der Waals surface area contributed by atoms with E-state index in [0.29, 0.717) is 10.0 Å². The van der Waals surface area contributed by atoms with Crippen LogP contribution in [-0.2, 0) is 17.2 Å². The molecule has 1 rings (SSSR count). The second-order valence-corrected chi connectivity index (χ2v) is 10.0. The van der Waals surface area contributed by atoms with Gasteiger partial charge in [-0.05, 0) is 56.7 Å². The van der Waals surface area contributed by atoms with E-state index >= 15 is 0 Å². The molecule has 0 spiro atoms. The van der Waals surface area contributed by atoms with E-state index < -0.39 is 10.8 Å². The van der Waals surface area contributed by atoms with Crippen LogP contribution in [0.4, 0.5) is 0 Å². The van der Waals surface area contributed by atoms with Gasteiger partial charge in [0.1, 0.15) is 0 Å². The lowest BCUT2D eigenvalue weighted by Gasteiger charge is -2.28. The second kappa shape index (κ2) is 6.81. The number of halogens is 2. The molecule has 0 aliphatic heterocycles. The normalized spacial score (nSPS) is 14.3. The third-order valence-corrected chi connectivity index (χ3v) is 6.43. The summed E-state index contributed by atoms with van der Waals surface area (Å²) in [5.41, 5.74) is 1.22. The topological polar surface area (TPSA) is 17.1 Å². The van der Waals surface area contributed by atoms with E-state index in [4.69, 9.17) is 23.2 Å². The maximum absolute atomic E-state index is 12.3. The Morgan fingerprint density at radius 3 is 2.15 bits per heavy atom. The number of hydrogen-bond donors (Lipinski definition) is 0. The highest BCUT2D eigenvalue weighted by Crippen LogP contribution is 2.29. The van der Waals surface area contributed by atoms with Crippen molar-refractivity contribution < 1.29 is 4.21 Å². The Morgan fingerprint density at radius 1 is 1.05 bits per heavy atom. The molecule has 0 N–H and O–H groups in total. The molecule has 0 saturated carbocycles. The molecule has 1 aromatic carbocycles. The van der Waals surface area contributed by atoms with Gasteiger partial charge in [0.15, 0.2) is 0 Å². The zero-order valence-corrected chi connectivity index (χ0v) is 15.3. The first-order valence-corrected chi connectivity index (χ1v) is 8.91. The van der Waals surface area contributed by atoms with Crippen molar-refractivity contribution in [1.29, 1.82) is 0 Å². The molecular weight excluding hydrogens is 311 g/mol. The summed E-state index contributed by atoms with van der Waals surface area (Å²) in [6, 6.07) is 5.76. The van der Waals surface area contributed by atoms with Crippen LogP contribution in [0.5, 0.6) is 0 Å². The average molecular weight is 335 g/mol. The third kappa shape index (κ3) is 5.75. The molecule has 1 aromatic rings. The molecule has 1 nitrogen and oxygen atoms in total. The van der Waals surface area contributed by atoms with Crippen molar-refractivity contribution in [1.82, 2.24) is 0 Å². The van der Waals surface area contributed by atoms with Crippen LogP contribution < -0.4 is 0 Å². The molecule has 114 valence electrons. The van der Waals surface area contributed by atoms with Crippen molar-refractivity contribution >= 4 is 34.0 Å². The standard InChI is InChI=1S/C16H24Cl2OS/c1-15(2,3)20(19)11-16(4,5)9-8-12-6-7-13(17)14(18)10-12/h6-7,10H,8-9,11H2,1-5H3/t20-/m0/s1. The third-order valence-electron chi connectivity index (χ3n) is 3.28. The Kier molecular flexibility index (Phi) is 6.13. The quantitative estimate of drug-likeness (QED) is 0.694. The minimum absolute atomic E-state index is 0.0459. The molecule has 0 aliphatic rings. The monoisotopic (exact) mass is 334 g/mol. The van der Waals surface area contributed by atoms with Crippen molar-refractivity contribution in [3.8, 4) is 0 Å². The van der Waals surface area contributed by atoms with Gasteiger partial charge in [-0.2, -0.15) is 0 Å². The Balaban J connectivity index is 2.63. The lowest BCUT2D eigenvalue weighted by Crippen LogP contribution is -2.31. The Labute approximate surface area is 135 Å². The Hall–Kier alpha value is -0.0500. The zero-order chi connectivity index (χ0) is 15.6. The molecule has 0 radical (unpaired) electrons. The molecule has 0 heterocycles. The summed E-state index contributed by atoms with van der Waals surface area (Å²) in [6.45, 7) is 10.4. The highest BCUT2D eigenvalue weighted by Gasteiger charge is 2.27. The fourth-order valence-electron chi connectivity index (χ4n) is 1.82. The van der Waals surface area contributed by atoms with Gasteiger partial charge >= 0.3 is 0 Å². The summed E-state index contributed by atoms with van der Waals surface area (Å²) in [5.74, 6) is 0.720. The van der Waals surface area contributed by atoms with Gasteiger partial charge in [-0.1, -0.05) is 43.1 Å². The van der Waals surface area contributed by atoms with E-state index in [-0.39, 0.29) is 10.2 Å². The van der Waals surface area contributed by atoms with E-state index in [1.54, 1.807) is 0 Å². The lowest BCUT2D eigenvalue weighted by atomic mass is 9.88. The van der Waals surface area contributed by atoms with Gasteiger partial charge in [0.25, 0.3) is 0 Å². The van der Waals surface area contributed by atoms with E-state index in [1.165, 1.54) is 5.56 Å². The van der Waals surface area contributed by atoms with Crippen LogP contribution >= 0.6 is 23.2 Å². The first-order chi connectivity index (χ1) is 9.01. The summed E-state index contributed by atoms with van der Waals surface area (Å²) in [5, 5.41) is 1.18. The Morgan fingerprint density at radius 2 is 1.65 bits per heavy atom. The first-order valence-electron chi connectivity index (χ1n) is 6.84. The first kappa shape index (κ1) is 18.0. The molecule has 0 unspecified atom stereocenters. The van der Waals surface area contributed by atoms with E-state index in [0.717, 1.165) is 18.6 Å². The maximum atomic E-state index is 12.3. The van der Waals surface area contributed by atoms with E-state index in [2.05, 4.69) is 13.8 Å². The molecule has 0 aliphatic carbocycles. The molecule has 0 amide bonds. The van der Waals surface area contributed by atoms with E-state index in [9.17, 15) is 4.21 Å². The highest BCUT2D eigenvalue weighted by molar-refractivity contribution is 7.86. The van der Waals surface area contributed by atoms with Crippen molar-refractivity contribution in [3.05, 3.63) is 33.8 Å². The molecule has 4 heteroatoms. The maximum Gasteiger partial charge on any atom is 0.0595 e. The zero-order valence-electron chi connectivity index (χ0n) is 12.9. The van der Waals surface area contributed by atoms with Crippen LogP contribution in [-0.4, -0.2) is 14.7 Å². The van der Waals surface area contributed by atoms with Crippen molar-refractivity contribution in [2.45, 2.75) is 52.2 Å². The minimum atomic E-state index is -0.820. The Bertz CT molecular complexity index is 490. The van der Waals surface area contributed by atoms with Gasteiger partial charge in [0.05, 0.1) is 10.0 Å². The number of rotatable bonds is 5. The molecule has 20 heavy (non-hydrogen) atoms. The molecule has 0 fully saturated rings. The summed E-state index contributed by atoms with van der Waals surface area (Å²) < 4.78 is 12.1. The number of aryl methyl sites for hydroxylation is 1. The van der Waals surface area contributed by atoms with Gasteiger partial charge in [0, 0.05) is 21.3 Å². The molecule has 1 atom stereocenters. The number of hydrogen-bond acceptors (Lipinski definition) is 1. The van der Waals surface area contributed by atoms with Gasteiger partial charge in [-0.15, -0.1) is 0 Å². The van der Waals surface area contributed by atoms with Crippen LogP contribution in [0.2, 0.25) is 10.0 Å². The van der Waals surface area contributed by atoms with Crippen LogP contribution in [0.3, 0.4) is 0 Å². The summed E-state index contributed by atoms with van der Waals surface area (Å²) >= 11 is 11.9. The molecule has 0 bridgehead atoms. The summed E-state index contributed by atoms with van der Waals surface area (Å²) in [4.78, 5) is 0. The predicted molar refractivity (Wildman–Crippen MR) is 91.3 cm³/mol. The van der Waals surface area contributed by atoms with Crippen molar-refractivity contribution in [2.24, 2.45) is 5.41 Å². The van der Waals surface area contributed by atoms with Crippen LogP contribution in [0.25, 0.3) is 0 Å². The van der Waals surface area contributed by atoms with Gasteiger partial charge in [0.2, 0.25) is 0 Å². The van der Waals surface area contributed by atoms with E-state index in [1.807, 2.05) is 39.0 Å². The molecule has 0 saturated heterocycles. The number of benzene rings is 1. The fraction of sp³-hybridized carbons (Fsp3) is 0.625. The van der Waals surface area contributed by atoms with Gasteiger partial charge in [-0.25, -0.2) is 0 Å². The predicted octanol–water partition coefficient (Wildman–Crippen LogP) is 5.50. The van der Waals surface area contributed by atoms with Gasteiger partial charge < -0.3 is 0 Å². The van der Waals surface area contributed by atoms with Crippen LogP contribution in [0.1, 0.15) is 46.6 Å². The van der Waals surface area contributed by atoms with Gasteiger partial charge in [-0.3, -0.25) is 4.21 Å². The largest absolute Gasteiger partial charge is 0.259 e. The van der Waals surface area contributed by atoms with Crippen molar-refractivity contribution in [3.63, 3.8) is 0 Å². The fourth-order valence-corrected chi connectivity index (χ4v) is 3.43. The molecule has 0 aromatic heterocycles. The average Bonchev–Trinajstić information content (AvgIpc) is 2.29. The molecular formula is C16H24Cl2OS. The smallest absolute Gasteiger partial charge is 0.0595 e. The summed E-state index contributed by atoms with van der Waals surface area (Å²) in [7, 11) is -0.820. The second-order valence-electron chi connectivity index (χ2n) is 7.01. The van der Waals surface area contributed by atoms with Crippen molar-refractivity contribution in [2.75, 3.05) is 5.75 Å².